The predicted octanol–water partition coefficient (Wildman–Crippen LogP) is 23.8. The zero-order valence-corrected chi connectivity index (χ0v) is 59.3. The van der Waals surface area contributed by atoms with Gasteiger partial charge in [0.25, 0.3) is 6.29 Å². The molecule has 0 amide bonds. The van der Waals surface area contributed by atoms with Crippen LogP contribution in [0, 0.1) is 0 Å². The van der Waals surface area contributed by atoms with E-state index in [1.54, 1.807) is 0 Å². The van der Waals surface area contributed by atoms with Crippen LogP contribution >= 0.6 is 0 Å². The highest BCUT2D eigenvalue weighted by molar-refractivity contribution is 5.71. The van der Waals surface area contributed by atoms with Crippen molar-refractivity contribution in [1.82, 2.24) is 0 Å². The van der Waals surface area contributed by atoms with Gasteiger partial charge in [-0.2, -0.15) is 0 Å². The van der Waals surface area contributed by atoms with E-state index in [1.807, 2.05) is 21.1 Å². The minimum atomic E-state index is -1.52. The average Bonchev–Trinajstić information content (AvgIpc) is 3.65. The number of hydrogen-bond donors (Lipinski definition) is 1. The van der Waals surface area contributed by atoms with Crippen molar-refractivity contribution in [3.05, 3.63) is 109 Å². The molecule has 2 atom stereocenters. The van der Waals surface area contributed by atoms with Crippen LogP contribution in [0.5, 0.6) is 0 Å². The number of unbranched alkanes of at least 4 members (excludes halogenated alkanes) is 36. The van der Waals surface area contributed by atoms with E-state index in [-0.39, 0.29) is 32.2 Å². The number of nitrogens with zero attached hydrogens (tertiary/aromatic N) is 1. The van der Waals surface area contributed by atoms with Gasteiger partial charge in [-0.1, -0.05) is 342 Å². The van der Waals surface area contributed by atoms with E-state index in [4.69, 9.17) is 18.9 Å². The van der Waals surface area contributed by atoms with Gasteiger partial charge in [0.2, 0.25) is 0 Å². The Kier molecular flexibility index (Phi) is 67.6. The monoisotopic (exact) mass is 1260 g/mol. The van der Waals surface area contributed by atoms with Crippen molar-refractivity contribution in [1.29, 1.82) is 0 Å². The third kappa shape index (κ3) is 71.4. The minimum absolute atomic E-state index is 0.184. The number of carbonyl (C=O) groups is 3. The number of carboxylic acids is 1. The van der Waals surface area contributed by atoms with Gasteiger partial charge in [0.1, 0.15) is 13.2 Å². The Labute approximate surface area is 555 Å². The number of hydrogen-bond acceptors (Lipinski definition) is 7. The standard InChI is InChI=1S/C81H141NO8/c1-6-8-10-12-14-16-18-20-22-24-26-28-30-32-34-35-36-37-38-39-40-41-42-43-44-45-46-48-50-52-54-56-58-60-62-64-66-68-70-72-79(84)90-77(76-89-81(80(85)86)87-74-73-82(3,4)5)75-88-78(83)71-69-67-65-63-61-59-57-55-53-51-49-47-33-31-29-27-25-23-21-19-17-15-13-11-9-7-2/h8,10,14,16,20,22,26,28,32,34,36-37,39-40,42-43,45-46,77,81H,6-7,9,11-13,15,17-19,21,23-25,27,29-31,33,35,38,41,44,47-76H2,1-5H3/p+1/b10-8-,16-14-,22-20-,28-26-,34-32-,37-36-,40-39-,43-42-,46-45-. The molecule has 0 spiro atoms. The second-order valence-corrected chi connectivity index (χ2v) is 26.2. The summed E-state index contributed by atoms with van der Waals surface area (Å²) in [7, 11) is 5.98. The van der Waals surface area contributed by atoms with Crippen LogP contribution in [0.15, 0.2) is 109 Å². The fourth-order valence-electron chi connectivity index (χ4n) is 10.6. The lowest BCUT2D eigenvalue weighted by atomic mass is 10.0. The summed E-state index contributed by atoms with van der Waals surface area (Å²) in [6.45, 7) is 4.80. The highest BCUT2D eigenvalue weighted by Gasteiger charge is 2.25. The molecule has 9 heteroatoms. The Morgan fingerprint density at radius 1 is 0.344 bits per heavy atom. The van der Waals surface area contributed by atoms with Crippen LogP contribution < -0.4 is 0 Å². The molecule has 0 bridgehead atoms. The fourth-order valence-corrected chi connectivity index (χ4v) is 10.6. The molecule has 0 radical (unpaired) electrons. The SMILES string of the molecule is CC/C=C\C/C=C\C/C=C\C/C=C\C/C=C\C/C=C\C/C=C\C/C=C\C/C=C\CCCCCCCCCCCCCC(=O)OC(COC(=O)CCCCCCCCCCCCCCCCCCCCCCCCCCCC)COC(OCC[N+](C)(C)C)C(=O)O. The summed E-state index contributed by atoms with van der Waals surface area (Å²) in [5.41, 5.74) is 0. The van der Waals surface area contributed by atoms with Crippen LogP contribution in [-0.2, 0) is 33.3 Å². The maximum absolute atomic E-state index is 13.0. The Morgan fingerprint density at radius 2 is 0.633 bits per heavy atom. The number of esters is 2. The quantitative estimate of drug-likeness (QED) is 0.0211. The third-order valence-electron chi connectivity index (χ3n) is 16.3. The van der Waals surface area contributed by atoms with Crippen LogP contribution in [0.1, 0.15) is 328 Å². The molecule has 0 fully saturated rings. The molecule has 0 aromatic heterocycles. The Bertz CT molecular complexity index is 1850. The molecule has 2 unspecified atom stereocenters. The largest absolute Gasteiger partial charge is 0.477 e. The lowest BCUT2D eigenvalue weighted by Crippen LogP contribution is -2.40. The zero-order chi connectivity index (χ0) is 65.4. The van der Waals surface area contributed by atoms with Crippen LogP contribution in [0.2, 0.25) is 0 Å². The van der Waals surface area contributed by atoms with E-state index < -0.39 is 24.3 Å². The van der Waals surface area contributed by atoms with Crippen molar-refractivity contribution in [2.24, 2.45) is 0 Å². The molecule has 0 saturated carbocycles. The number of allylic oxidation sites excluding steroid dienone is 18. The molecule has 0 aliphatic rings. The molecule has 1 N–H and O–H groups in total. The number of ether oxygens (including phenoxy) is 4. The molecule has 0 rings (SSSR count). The average molecular weight is 1260 g/mol. The van der Waals surface area contributed by atoms with Crippen LogP contribution in [-0.4, -0.2) is 87.4 Å². The molecule has 0 aromatic rings. The lowest BCUT2D eigenvalue weighted by molar-refractivity contribution is -0.870. The van der Waals surface area contributed by atoms with Crippen molar-refractivity contribution in [3.8, 4) is 0 Å². The lowest BCUT2D eigenvalue weighted by Gasteiger charge is -2.25. The molecule has 0 saturated heterocycles. The molecule has 0 heterocycles. The molecule has 90 heavy (non-hydrogen) atoms. The van der Waals surface area contributed by atoms with Gasteiger partial charge in [0, 0.05) is 12.8 Å². The summed E-state index contributed by atoms with van der Waals surface area (Å²) in [5.74, 6) is -2.00. The Balaban J connectivity index is 4.10. The summed E-state index contributed by atoms with van der Waals surface area (Å²) >= 11 is 0. The van der Waals surface area contributed by atoms with Gasteiger partial charge in [-0.05, 0) is 83.5 Å². The van der Waals surface area contributed by atoms with Gasteiger partial charge >= 0.3 is 17.9 Å². The van der Waals surface area contributed by atoms with E-state index in [2.05, 4.69) is 123 Å². The molecule has 0 aromatic carbocycles. The summed E-state index contributed by atoms with van der Waals surface area (Å²) in [6.07, 6.45) is 96.4. The first kappa shape index (κ1) is 85.9. The number of aliphatic carboxylic acids is 1. The van der Waals surface area contributed by atoms with Crippen LogP contribution in [0.25, 0.3) is 0 Å². The zero-order valence-electron chi connectivity index (χ0n) is 59.3. The highest BCUT2D eigenvalue weighted by atomic mass is 16.7. The molecular weight excluding hydrogens is 1110 g/mol. The number of likely N-dealkylation sites (N-methyl/N-ethyl adjacent to an activating group) is 1. The van der Waals surface area contributed by atoms with E-state index in [1.165, 1.54) is 193 Å². The second-order valence-electron chi connectivity index (χ2n) is 26.2. The summed E-state index contributed by atoms with van der Waals surface area (Å²) in [5, 5.41) is 9.76. The van der Waals surface area contributed by atoms with Gasteiger partial charge in [0.15, 0.2) is 6.10 Å². The van der Waals surface area contributed by atoms with E-state index in [9.17, 15) is 19.5 Å². The normalized spacial score (nSPS) is 13.3. The summed E-state index contributed by atoms with van der Waals surface area (Å²) < 4.78 is 23.0. The minimum Gasteiger partial charge on any atom is -0.477 e. The Hall–Kier alpha value is -4.05. The van der Waals surface area contributed by atoms with E-state index >= 15 is 0 Å². The van der Waals surface area contributed by atoms with E-state index in [0.29, 0.717) is 23.9 Å². The maximum Gasteiger partial charge on any atom is 0.361 e. The predicted molar refractivity (Wildman–Crippen MR) is 387 cm³/mol. The number of quaternary nitrogens is 1. The first-order valence-corrected chi connectivity index (χ1v) is 37.6. The van der Waals surface area contributed by atoms with Gasteiger partial charge < -0.3 is 28.5 Å². The van der Waals surface area contributed by atoms with Crippen molar-refractivity contribution < 1.29 is 42.9 Å². The number of rotatable bonds is 69. The fraction of sp³-hybridized carbons (Fsp3) is 0.741. The van der Waals surface area contributed by atoms with Crippen molar-refractivity contribution in [3.63, 3.8) is 0 Å². The van der Waals surface area contributed by atoms with E-state index in [0.717, 1.165) is 103 Å². The summed E-state index contributed by atoms with van der Waals surface area (Å²) in [6, 6.07) is 0. The molecular formula is C81H142NO8+. The molecule has 518 valence electrons. The second kappa shape index (κ2) is 70.8. The Morgan fingerprint density at radius 3 is 0.944 bits per heavy atom. The van der Waals surface area contributed by atoms with Crippen LogP contribution in [0.3, 0.4) is 0 Å². The molecule has 0 aliphatic carbocycles. The topological polar surface area (TPSA) is 108 Å². The third-order valence-corrected chi connectivity index (χ3v) is 16.3. The van der Waals surface area contributed by atoms with Gasteiger partial charge in [0.05, 0.1) is 34.4 Å². The van der Waals surface area contributed by atoms with Gasteiger partial charge in [-0.15, -0.1) is 0 Å². The smallest absolute Gasteiger partial charge is 0.361 e. The maximum atomic E-state index is 13.0. The number of carbonyl (C=O) groups excluding carboxylic acids is 2. The van der Waals surface area contributed by atoms with Crippen molar-refractivity contribution in [2.45, 2.75) is 341 Å². The number of carboxylic acid groups (broad SMARTS) is 1. The van der Waals surface area contributed by atoms with Crippen molar-refractivity contribution >= 4 is 17.9 Å². The first-order valence-electron chi connectivity index (χ1n) is 37.6. The highest BCUT2D eigenvalue weighted by Crippen LogP contribution is 2.18. The summed E-state index contributed by atoms with van der Waals surface area (Å²) in [4.78, 5) is 37.7. The molecule has 0 aliphatic heterocycles. The van der Waals surface area contributed by atoms with Gasteiger partial charge in [-0.25, -0.2) is 4.79 Å². The van der Waals surface area contributed by atoms with Gasteiger partial charge in [-0.3, -0.25) is 9.59 Å². The van der Waals surface area contributed by atoms with Crippen molar-refractivity contribution in [2.75, 3.05) is 47.5 Å². The van der Waals surface area contributed by atoms with Crippen LogP contribution in [0.4, 0.5) is 0 Å². The first-order chi connectivity index (χ1) is 44.1. The molecule has 9 nitrogen and oxygen atoms in total.